The van der Waals surface area contributed by atoms with Crippen LogP contribution in [0, 0.1) is 28.6 Å². The van der Waals surface area contributed by atoms with Crippen LogP contribution in [-0.4, -0.2) is 11.1 Å². The van der Waals surface area contributed by atoms with Gasteiger partial charge in [-0.3, -0.25) is 4.79 Å². The zero-order valence-corrected chi connectivity index (χ0v) is 8.03. The van der Waals surface area contributed by atoms with Crippen molar-refractivity contribution in [3.8, 4) is 6.07 Å². The molecule has 0 spiro atoms. The third-order valence-corrected chi connectivity index (χ3v) is 2.78. The molecule has 0 saturated heterocycles. The number of allylic oxidation sites excluding steroid dienone is 2. The molecule has 13 heavy (non-hydrogen) atoms. The largest absolute Gasteiger partial charge is 0.481 e. The minimum atomic E-state index is -0.767. The highest BCUT2D eigenvalue weighted by Crippen LogP contribution is 2.59. The lowest BCUT2D eigenvalue weighted by molar-refractivity contribution is -0.139. The predicted molar refractivity (Wildman–Crippen MR) is 47.8 cm³/mol. The van der Waals surface area contributed by atoms with E-state index in [1.807, 2.05) is 19.9 Å². The molecule has 0 bridgehead atoms. The molecular formula is C10H13NO2. The summed E-state index contributed by atoms with van der Waals surface area (Å²) < 4.78 is 0. The van der Waals surface area contributed by atoms with Gasteiger partial charge in [0.05, 0.1) is 12.0 Å². The van der Waals surface area contributed by atoms with Crippen molar-refractivity contribution in [1.29, 1.82) is 5.26 Å². The summed E-state index contributed by atoms with van der Waals surface area (Å²) >= 11 is 0. The highest BCUT2D eigenvalue weighted by molar-refractivity contribution is 5.76. The van der Waals surface area contributed by atoms with Crippen LogP contribution < -0.4 is 0 Å². The maximum absolute atomic E-state index is 10.7. The van der Waals surface area contributed by atoms with Crippen molar-refractivity contribution in [2.24, 2.45) is 17.3 Å². The molecule has 0 radical (unpaired) electrons. The number of aliphatic carboxylic acids is 1. The van der Waals surface area contributed by atoms with Gasteiger partial charge in [0.2, 0.25) is 0 Å². The number of hydrogen-bond acceptors (Lipinski definition) is 2. The molecule has 1 N–H and O–H groups in total. The van der Waals surface area contributed by atoms with Crippen LogP contribution in [0.15, 0.2) is 11.6 Å². The maximum Gasteiger partial charge on any atom is 0.307 e. The van der Waals surface area contributed by atoms with E-state index in [9.17, 15) is 4.79 Å². The van der Waals surface area contributed by atoms with E-state index in [0.29, 0.717) is 5.57 Å². The summed E-state index contributed by atoms with van der Waals surface area (Å²) in [6, 6.07) is 2.00. The molecule has 0 heterocycles. The van der Waals surface area contributed by atoms with Crippen molar-refractivity contribution in [1.82, 2.24) is 0 Å². The van der Waals surface area contributed by atoms with Gasteiger partial charge in [-0.15, -0.1) is 0 Å². The first-order valence-corrected chi connectivity index (χ1v) is 4.22. The summed E-state index contributed by atoms with van der Waals surface area (Å²) in [6.07, 6.45) is 1.76. The van der Waals surface area contributed by atoms with Crippen molar-refractivity contribution in [3.63, 3.8) is 0 Å². The molecule has 0 aromatic heterocycles. The summed E-state index contributed by atoms with van der Waals surface area (Å²) in [5.74, 6) is -1.07. The van der Waals surface area contributed by atoms with E-state index >= 15 is 0 Å². The first-order valence-electron chi connectivity index (χ1n) is 4.22. The van der Waals surface area contributed by atoms with Gasteiger partial charge in [-0.1, -0.05) is 19.9 Å². The monoisotopic (exact) mass is 179 g/mol. The zero-order chi connectivity index (χ0) is 10.2. The van der Waals surface area contributed by atoms with Gasteiger partial charge >= 0.3 is 5.97 Å². The zero-order valence-electron chi connectivity index (χ0n) is 8.03. The fourth-order valence-electron chi connectivity index (χ4n) is 1.77. The SMILES string of the molecule is C/C(C#N)=C/[C@@H]1C(C(=O)O)C1(C)C. The molecule has 3 nitrogen and oxygen atoms in total. The molecule has 0 amide bonds. The van der Waals surface area contributed by atoms with Crippen LogP contribution in [0.2, 0.25) is 0 Å². The molecule has 0 aromatic carbocycles. The second kappa shape index (κ2) is 2.88. The Balaban J connectivity index is 2.79. The molecule has 70 valence electrons. The summed E-state index contributed by atoms with van der Waals surface area (Å²) in [4.78, 5) is 10.7. The van der Waals surface area contributed by atoms with E-state index in [1.165, 1.54) is 0 Å². The average molecular weight is 179 g/mol. The Hall–Kier alpha value is -1.30. The van der Waals surface area contributed by atoms with Crippen LogP contribution in [0.25, 0.3) is 0 Å². The van der Waals surface area contributed by atoms with E-state index in [2.05, 4.69) is 0 Å². The quantitative estimate of drug-likeness (QED) is 0.657. The summed E-state index contributed by atoms with van der Waals surface area (Å²) in [5, 5.41) is 17.4. The number of nitriles is 1. The molecule has 1 rings (SSSR count). The molecule has 3 heteroatoms. The molecule has 0 aromatic rings. The topological polar surface area (TPSA) is 61.1 Å². The second-order valence-corrected chi connectivity index (χ2v) is 4.12. The van der Waals surface area contributed by atoms with Gasteiger partial charge in [-0.25, -0.2) is 0 Å². The third-order valence-electron chi connectivity index (χ3n) is 2.78. The average Bonchev–Trinajstić information content (AvgIpc) is 2.53. The number of carbonyl (C=O) groups is 1. The Morgan fingerprint density at radius 1 is 1.62 bits per heavy atom. The van der Waals surface area contributed by atoms with E-state index in [4.69, 9.17) is 10.4 Å². The normalized spacial score (nSPS) is 30.8. The Morgan fingerprint density at radius 2 is 2.15 bits per heavy atom. The molecular weight excluding hydrogens is 166 g/mol. The lowest BCUT2D eigenvalue weighted by atomic mass is 10.1. The van der Waals surface area contributed by atoms with Crippen LogP contribution in [0.1, 0.15) is 20.8 Å². The summed E-state index contributed by atoms with van der Waals surface area (Å²) in [6.45, 7) is 5.53. The molecule has 1 unspecified atom stereocenters. The van der Waals surface area contributed by atoms with Crippen molar-refractivity contribution in [2.45, 2.75) is 20.8 Å². The first kappa shape index (κ1) is 9.79. The van der Waals surface area contributed by atoms with Crippen molar-refractivity contribution in [3.05, 3.63) is 11.6 Å². The second-order valence-electron chi connectivity index (χ2n) is 4.12. The molecule has 0 aliphatic heterocycles. The van der Waals surface area contributed by atoms with E-state index < -0.39 is 5.97 Å². The van der Waals surface area contributed by atoms with Gasteiger partial charge in [0, 0.05) is 5.57 Å². The number of carboxylic acid groups (broad SMARTS) is 1. The van der Waals surface area contributed by atoms with Gasteiger partial charge in [0.25, 0.3) is 0 Å². The van der Waals surface area contributed by atoms with Crippen LogP contribution >= 0.6 is 0 Å². The summed E-state index contributed by atoms with van der Waals surface area (Å²) in [7, 11) is 0. The summed E-state index contributed by atoms with van der Waals surface area (Å²) in [5.41, 5.74) is 0.408. The Morgan fingerprint density at radius 3 is 2.46 bits per heavy atom. The van der Waals surface area contributed by atoms with Gasteiger partial charge in [0.15, 0.2) is 0 Å². The van der Waals surface area contributed by atoms with Gasteiger partial charge < -0.3 is 5.11 Å². The number of hydrogen-bond donors (Lipinski definition) is 1. The van der Waals surface area contributed by atoms with Gasteiger partial charge in [-0.2, -0.15) is 5.26 Å². The van der Waals surface area contributed by atoms with Crippen molar-refractivity contribution >= 4 is 5.97 Å². The molecule has 1 fully saturated rings. The Bertz CT molecular complexity index is 309. The van der Waals surface area contributed by atoms with Crippen LogP contribution in [0.4, 0.5) is 0 Å². The molecule has 2 atom stereocenters. The van der Waals surface area contributed by atoms with Crippen LogP contribution in [0.3, 0.4) is 0 Å². The van der Waals surface area contributed by atoms with Gasteiger partial charge in [0.1, 0.15) is 0 Å². The fraction of sp³-hybridized carbons (Fsp3) is 0.600. The molecule has 1 aliphatic rings. The lowest BCUT2D eigenvalue weighted by Crippen LogP contribution is -2.03. The highest BCUT2D eigenvalue weighted by atomic mass is 16.4. The fourth-order valence-corrected chi connectivity index (χ4v) is 1.77. The third kappa shape index (κ3) is 1.57. The smallest absolute Gasteiger partial charge is 0.307 e. The molecule has 1 aliphatic carbocycles. The first-order chi connectivity index (χ1) is 5.91. The van der Waals surface area contributed by atoms with Crippen LogP contribution in [-0.2, 0) is 4.79 Å². The van der Waals surface area contributed by atoms with Gasteiger partial charge in [-0.05, 0) is 18.3 Å². The molecule has 1 saturated carbocycles. The number of carboxylic acids is 1. The standard InChI is InChI=1S/C10H13NO2/c1-6(5-11)4-7-8(9(12)13)10(7,2)3/h4,7-8H,1-3H3,(H,12,13)/b6-4-/t7-,8?/m1/s1. The predicted octanol–water partition coefficient (Wildman–Crippen LogP) is 1.81. The van der Waals surface area contributed by atoms with Crippen LogP contribution in [0.5, 0.6) is 0 Å². The minimum absolute atomic E-state index is 0.0182. The minimum Gasteiger partial charge on any atom is -0.481 e. The van der Waals surface area contributed by atoms with Crippen molar-refractivity contribution < 1.29 is 9.90 Å². The lowest BCUT2D eigenvalue weighted by Gasteiger charge is -1.96. The highest BCUT2D eigenvalue weighted by Gasteiger charge is 2.60. The van der Waals surface area contributed by atoms with E-state index in [1.54, 1.807) is 13.0 Å². The van der Waals surface area contributed by atoms with E-state index in [-0.39, 0.29) is 17.3 Å². The number of nitrogens with zero attached hydrogens (tertiary/aromatic N) is 1. The number of rotatable bonds is 2. The van der Waals surface area contributed by atoms with E-state index in [0.717, 1.165) is 0 Å². The Kier molecular flexibility index (Phi) is 2.17. The maximum atomic E-state index is 10.7. The van der Waals surface area contributed by atoms with Crippen molar-refractivity contribution in [2.75, 3.05) is 0 Å². The Labute approximate surface area is 77.7 Å².